The summed E-state index contributed by atoms with van der Waals surface area (Å²) in [6.45, 7) is 0. The van der Waals surface area contributed by atoms with Gasteiger partial charge < -0.3 is 5.32 Å². The monoisotopic (exact) mass is 282 g/mol. The molecule has 0 aliphatic carbocycles. The number of carbonyl (C=O) groups excluding carboxylic acids is 1. The summed E-state index contributed by atoms with van der Waals surface area (Å²) in [4.78, 5) is 19.2. The number of hydrogen-bond donors (Lipinski definition) is 2. The summed E-state index contributed by atoms with van der Waals surface area (Å²) in [5.74, 6) is 0.0425. The lowest BCUT2D eigenvalue weighted by Gasteiger charge is -2.06. The number of amides is 2. The minimum absolute atomic E-state index is 0.0425. The van der Waals surface area contributed by atoms with Crippen LogP contribution in [0.1, 0.15) is 0 Å². The van der Waals surface area contributed by atoms with Gasteiger partial charge in [-0.3, -0.25) is 5.32 Å². The van der Waals surface area contributed by atoms with Crippen LogP contribution in [-0.2, 0) is 0 Å². The number of benzene rings is 1. The maximum atomic E-state index is 11.6. The first-order chi connectivity index (χ1) is 8.63. The topological polar surface area (TPSA) is 66.9 Å². The van der Waals surface area contributed by atoms with E-state index in [4.69, 9.17) is 23.2 Å². The fourth-order valence-electron chi connectivity index (χ4n) is 1.23. The molecule has 0 saturated heterocycles. The second-order valence-corrected chi connectivity index (χ2v) is 4.06. The average molecular weight is 283 g/mol. The lowest BCUT2D eigenvalue weighted by atomic mass is 10.3. The maximum Gasteiger partial charge on any atom is 0.326 e. The number of rotatable bonds is 2. The van der Waals surface area contributed by atoms with E-state index < -0.39 is 6.03 Å². The van der Waals surface area contributed by atoms with Crippen LogP contribution in [0.4, 0.5) is 16.4 Å². The van der Waals surface area contributed by atoms with Gasteiger partial charge in [0.1, 0.15) is 10.3 Å². The van der Waals surface area contributed by atoms with Crippen LogP contribution in [0.5, 0.6) is 0 Å². The second-order valence-electron chi connectivity index (χ2n) is 3.28. The van der Waals surface area contributed by atoms with Crippen molar-refractivity contribution in [3.63, 3.8) is 0 Å². The molecule has 0 unspecified atom stereocenters. The van der Waals surface area contributed by atoms with Gasteiger partial charge in [-0.2, -0.15) is 0 Å². The number of hydrogen-bond acceptors (Lipinski definition) is 3. The Morgan fingerprint density at radius 1 is 1.00 bits per heavy atom. The van der Waals surface area contributed by atoms with Gasteiger partial charge in [-0.25, -0.2) is 14.8 Å². The minimum Gasteiger partial charge on any atom is -0.308 e. The van der Waals surface area contributed by atoms with Crippen molar-refractivity contribution in [2.24, 2.45) is 0 Å². The van der Waals surface area contributed by atoms with Crippen molar-refractivity contribution in [2.75, 3.05) is 10.6 Å². The van der Waals surface area contributed by atoms with Gasteiger partial charge in [0.15, 0.2) is 0 Å². The number of urea groups is 1. The lowest BCUT2D eigenvalue weighted by molar-refractivity contribution is 0.262. The summed E-state index contributed by atoms with van der Waals surface area (Å²) >= 11 is 11.4. The largest absolute Gasteiger partial charge is 0.326 e. The summed E-state index contributed by atoms with van der Waals surface area (Å²) in [5, 5.41) is 5.36. The molecule has 1 aromatic heterocycles. The number of nitrogens with zero attached hydrogens (tertiary/aromatic N) is 2. The highest BCUT2D eigenvalue weighted by Crippen LogP contribution is 2.14. The van der Waals surface area contributed by atoms with Crippen LogP contribution < -0.4 is 10.6 Å². The predicted molar refractivity (Wildman–Crippen MR) is 71.1 cm³/mol. The number of halogens is 2. The Hall–Kier alpha value is -1.85. The van der Waals surface area contributed by atoms with Gasteiger partial charge in [0.05, 0.1) is 0 Å². The van der Waals surface area contributed by atoms with Crippen LogP contribution in [0.25, 0.3) is 0 Å². The van der Waals surface area contributed by atoms with Gasteiger partial charge >= 0.3 is 6.03 Å². The highest BCUT2D eigenvalue weighted by molar-refractivity contribution is 6.33. The van der Waals surface area contributed by atoms with E-state index in [2.05, 4.69) is 20.6 Å². The summed E-state index contributed by atoms with van der Waals surface area (Å²) in [5.41, 5.74) is 0.656. The van der Waals surface area contributed by atoms with E-state index in [9.17, 15) is 4.79 Å². The smallest absolute Gasteiger partial charge is 0.308 e. The molecule has 0 fully saturated rings. The predicted octanol–water partition coefficient (Wildman–Crippen LogP) is 3.43. The molecule has 7 heteroatoms. The summed E-state index contributed by atoms with van der Waals surface area (Å²) in [6, 6.07) is 9.88. The molecule has 0 radical (unpaired) electrons. The quantitative estimate of drug-likeness (QED) is 0.830. The van der Waals surface area contributed by atoms with Crippen molar-refractivity contribution in [2.45, 2.75) is 0 Å². The van der Waals surface area contributed by atoms with Gasteiger partial charge in [0.2, 0.25) is 5.95 Å². The van der Waals surface area contributed by atoms with Crippen molar-refractivity contribution in [1.82, 2.24) is 9.97 Å². The molecule has 18 heavy (non-hydrogen) atoms. The third kappa shape index (κ3) is 3.58. The Kier molecular flexibility index (Phi) is 3.96. The third-order valence-electron chi connectivity index (χ3n) is 1.92. The molecule has 1 heterocycles. The van der Waals surface area contributed by atoms with Crippen LogP contribution in [0.15, 0.2) is 36.4 Å². The first-order valence-corrected chi connectivity index (χ1v) is 5.72. The van der Waals surface area contributed by atoms with Crippen LogP contribution in [0, 0.1) is 0 Å². The van der Waals surface area contributed by atoms with E-state index in [1.54, 1.807) is 12.1 Å². The standard InChI is InChI=1S/C11H8Cl2N4O/c12-8-6-9(13)16-10(15-8)17-11(18)14-7-4-2-1-3-5-7/h1-6H,(H2,14,15,16,17,18). The molecule has 0 saturated carbocycles. The first-order valence-electron chi connectivity index (χ1n) is 4.96. The molecule has 2 aromatic rings. The normalized spacial score (nSPS) is 9.89. The fraction of sp³-hybridized carbons (Fsp3) is 0. The van der Waals surface area contributed by atoms with Gasteiger partial charge in [-0.05, 0) is 12.1 Å². The molecule has 0 spiro atoms. The van der Waals surface area contributed by atoms with E-state index in [0.29, 0.717) is 5.69 Å². The lowest BCUT2D eigenvalue weighted by Crippen LogP contribution is -2.20. The maximum absolute atomic E-state index is 11.6. The van der Waals surface area contributed by atoms with Gasteiger partial charge in [-0.1, -0.05) is 41.4 Å². The van der Waals surface area contributed by atoms with E-state index >= 15 is 0 Å². The third-order valence-corrected chi connectivity index (χ3v) is 2.31. The van der Waals surface area contributed by atoms with Crippen LogP contribution >= 0.6 is 23.2 Å². The van der Waals surface area contributed by atoms with E-state index in [1.807, 2.05) is 18.2 Å². The van der Waals surface area contributed by atoms with Crippen molar-refractivity contribution in [3.05, 3.63) is 46.7 Å². The van der Waals surface area contributed by atoms with Crippen molar-refractivity contribution >= 4 is 40.9 Å². The van der Waals surface area contributed by atoms with Crippen LogP contribution in [0.2, 0.25) is 10.3 Å². The molecular formula is C11H8Cl2N4O. The Balaban J connectivity index is 2.03. The zero-order valence-electron chi connectivity index (χ0n) is 9.02. The Morgan fingerprint density at radius 2 is 1.61 bits per heavy atom. The molecule has 2 rings (SSSR count). The number of carbonyl (C=O) groups is 1. The summed E-state index contributed by atoms with van der Waals surface area (Å²) < 4.78 is 0. The minimum atomic E-state index is -0.473. The van der Waals surface area contributed by atoms with Gasteiger partial charge in [-0.15, -0.1) is 0 Å². The molecule has 92 valence electrons. The molecule has 0 aliphatic rings. The number of anilines is 2. The molecule has 5 nitrogen and oxygen atoms in total. The molecular weight excluding hydrogens is 275 g/mol. The molecule has 0 atom stereocenters. The number of aromatic nitrogens is 2. The van der Waals surface area contributed by atoms with E-state index in [0.717, 1.165) is 0 Å². The number of para-hydroxylation sites is 1. The summed E-state index contributed by atoms with van der Waals surface area (Å²) in [7, 11) is 0. The van der Waals surface area contributed by atoms with Crippen molar-refractivity contribution < 1.29 is 4.79 Å². The summed E-state index contributed by atoms with van der Waals surface area (Å²) in [6.07, 6.45) is 0. The second kappa shape index (κ2) is 5.66. The fourth-order valence-corrected chi connectivity index (χ4v) is 1.65. The van der Waals surface area contributed by atoms with Crippen molar-refractivity contribution in [3.8, 4) is 0 Å². The van der Waals surface area contributed by atoms with Gasteiger partial charge in [0, 0.05) is 11.8 Å². The van der Waals surface area contributed by atoms with E-state index in [1.165, 1.54) is 6.07 Å². The highest BCUT2D eigenvalue weighted by atomic mass is 35.5. The Bertz CT molecular complexity index is 542. The number of nitrogens with one attached hydrogen (secondary N) is 2. The van der Waals surface area contributed by atoms with Gasteiger partial charge in [0.25, 0.3) is 0 Å². The Morgan fingerprint density at radius 3 is 2.22 bits per heavy atom. The van der Waals surface area contributed by atoms with Crippen molar-refractivity contribution in [1.29, 1.82) is 0 Å². The molecule has 0 bridgehead atoms. The SMILES string of the molecule is O=C(Nc1ccccc1)Nc1nc(Cl)cc(Cl)n1. The average Bonchev–Trinajstić information content (AvgIpc) is 2.28. The van der Waals surface area contributed by atoms with Crippen LogP contribution in [-0.4, -0.2) is 16.0 Å². The first kappa shape index (κ1) is 12.6. The van der Waals surface area contributed by atoms with E-state index in [-0.39, 0.29) is 16.3 Å². The Labute approximate surface area is 113 Å². The zero-order valence-corrected chi connectivity index (χ0v) is 10.5. The van der Waals surface area contributed by atoms with Crippen LogP contribution in [0.3, 0.4) is 0 Å². The molecule has 0 aliphatic heterocycles. The molecule has 2 N–H and O–H groups in total. The highest BCUT2D eigenvalue weighted by Gasteiger charge is 2.06. The molecule has 1 aromatic carbocycles. The zero-order chi connectivity index (χ0) is 13.0. The molecule has 2 amide bonds.